The minimum absolute atomic E-state index is 0.0105. The summed E-state index contributed by atoms with van der Waals surface area (Å²) in [7, 11) is 0. The quantitative estimate of drug-likeness (QED) is 0.726. The highest BCUT2D eigenvalue weighted by atomic mass is 127. The van der Waals surface area contributed by atoms with Crippen LogP contribution in [0.3, 0.4) is 0 Å². The summed E-state index contributed by atoms with van der Waals surface area (Å²) in [4.78, 5) is 25.7. The van der Waals surface area contributed by atoms with Gasteiger partial charge in [-0.25, -0.2) is 0 Å². The first-order valence-corrected chi connectivity index (χ1v) is 8.72. The number of likely N-dealkylation sites (tertiary alicyclic amines) is 1. The van der Waals surface area contributed by atoms with E-state index in [0.29, 0.717) is 13.0 Å². The molecule has 1 aromatic carbocycles. The predicted octanol–water partition coefficient (Wildman–Crippen LogP) is 2.22. The first-order chi connectivity index (χ1) is 10.6. The number of anilines is 1. The molecule has 2 N–H and O–H groups in total. The summed E-state index contributed by atoms with van der Waals surface area (Å²) in [5.74, 6) is 0.0684. The Labute approximate surface area is 145 Å². The molecule has 0 aliphatic carbocycles. The Morgan fingerprint density at radius 2 is 2.00 bits per heavy atom. The number of hydrogen-bond acceptors (Lipinski definition) is 3. The van der Waals surface area contributed by atoms with Crippen molar-refractivity contribution in [1.29, 1.82) is 0 Å². The number of rotatable bonds is 5. The van der Waals surface area contributed by atoms with Crippen LogP contribution in [0.25, 0.3) is 0 Å². The summed E-state index contributed by atoms with van der Waals surface area (Å²) < 4.78 is 1.14. The van der Waals surface area contributed by atoms with Gasteiger partial charge in [-0.3, -0.25) is 14.5 Å². The van der Waals surface area contributed by atoms with Gasteiger partial charge in [-0.15, -0.1) is 0 Å². The lowest BCUT2D eigenvalue weighted by atomic mass is 10.1. The third-order valence-electron chi connectivity index (χ3n) is 3.69. The fraction of sp³-hybridized carbons (Fsp3) is 0.500. The monoisotopic (exact) mass is 415 g/mol. The molecule has 120 valence electrons. The first kappa shape index (κ1) is 17.2. The predicted molar refractivity (Wildman–Crippen MR) is 95.7 cm³/mol. The van der Waals surface area contributed by atoms with Crippen molar-refractivity contribution in [2.24, 2.45) is 0 Å². The van der Waals surface area contributed by atoms with Gasteiger partial charge in [0.15, 0.2) is 0 Å². The second-order valence-corrected chi connectivity index (χ2v) is 6.80. The van der Waals surface area contributed by atoms with E-state index in [2.05, 4.69) is 38.1 Å². The Morgan fingerprint density at radius 3 is 2.68 bits per heavy atom. The molecule has 0 spiro atoms. The minimum Gasteiger partial charge on any atom is -0.352 e. The van der Waals surface area contributed by atoms with Crippen LogP contribution in [0.15, 0.2) is 24.3 Å². The summed E-state index contributed by atoms with van der Waals surface area (Å²) in [6.07, 6.45) is 2.50. The minimum atomic E-state index is -0.0105. The maximum absolute atomic E-state index is 12.1. The van der Waals surface area contributed by atoms with Gasteiger partial charge < -0.3 is 10.6 Å². The van der Waals surface area contributed by atoms with Gasteiger partial charge in [-0.1, -0.05) is 6.92 Å². The largest absolute Gasteiger partial charge is 0.352 e. The SMILES string of the molecule is CCC(=O)NC1CCCN(CC(=O)Nc2ccc(I)cc2)C1. The molecule has 2 rings (SSSR count). The number of carbonyl (C=O) groups is 2. The number of hydrogen-bond donors (Lipinski definition) is 2. The van der Waals surface area contributed by atoms with Gasteiger partial charge in [0, 0.05) is 28.3 Å². The maximum atomic E-state index is 12.1. The third kappa shape index (κ3) is 5.57. The first-order valence-electron chi connectivity index (χ1n) is 7.64. The summed E-state index contributed by atoms with van der Waals surface area (Å²) in [5.41, 5.74) is 0.818. The summed E-state index contributed by atoms with van der Waals surface area (Å²) in [6, 6.07) is 7.90. The van der Waals surface area contributed by atoms with Crippen molar-refractivity contribution in [2.45, 2.75) is 32.2 Å². The Morgan fingerprint density at radius 1 is 1.27 bits per heavy atom. The molecule has 0 aromatic heterocycles. The van der Waals surface area contributed by atoms with Crippen molar-refractivity contribution in [2.75, 3.05) is 25.0 Å². The Hall–Kier alpha value is -1.15. The van der Waals surface area contributed by atoms with Gasteiger partial charge in [-0.05, 0) is 66.2 Å². The van der Waals surface area contributed by atoms with E-state index >= 15 is 0 Å². The topological polar surface area (TPSA) is 61.4 Å². The number of nitrogens with one attached hydrogen (secondary N) is 2. The van der Waals surface area contributed by atoms with Crippen LogP contribution in [0, 0.1) is 3.57 Å². The normalized spacial score (nSPS) is 18.7. The van der Waals surface area contributed by atoms with E-state index in [1.807, 2.05) is 31.2 Å². The number of nitrogens with zero attached hydrogens (tertiary/aromatic N) is 1. The Kier molecular flexibility index (Phi) is 6.63. The van der Waals surface area contributed by atoms with E-state index in [-0.39, 0.29) is 17.9 Å². The van der Waals surface area contributed by atoms with Gasteiger partial charge in [0.05, 0.1) is 6.54 Å². The second-order valence-electron chi connectivity index (χ2n) is 5.55. The van der Waals surface area contributed by atoms with Crippen LogP contribution in [0.5, 0.6) is 0 Å². The van der Waals surface area contributed by atoms with Crippen LogP contribution in [0.4, 0.5) is 5.69 Å². The number of benzene rings is 1. The summed E-state index contributed by atoms with van der Waals surface area (Å²) in [6.45, 7) is 3.86. The Bertz CT molecular complexity index is 519. The van der Waals surface area contributed by atoms with E-state index in [1.54, 1.807) is 0 Å². The van der Waals surface area contributed by atoms with Gasteiger partial charge in [0.2, 0.25) is 11.8 Å². The number of halogens is 1. The molecule has 2 amide bonds. The van der Waals surface area contributed by atoms with Crippen molar-refractivity contribution in [1.82, 2.24) is 10.2 Å². The molecule has 1 aliphatic heterocycles. The third-order valence-corrected chi connectivity index (χ3v) is 4.41. The van der Waals surface area contributed by atoms with Gasteiger partial charge in [0.1, 0.15) is 0 Å². The highest BCUT2D eigenvalue weighted by molar-refractivity contribution is 14.1. The molecule has 1 aliphatic rings. The maximum Gasteiger partial charge on any atom is 0.238 e. The number of piperidine rings is 1. The molecule has 1 aromatic rings. The standard InChI is InChI=1S/C16H22IN3O2/c1-2-15(21)19-14-4-3-9-20(10-14)11-16(22)18-13-7-5-12(17)6-8-13/h5-8,14H,2-4,9-11H2,1H3,(H,18,22)(H,19,21). The van der Waals surface area contributed by atoms with Crippen LogP contribution in [-0.2, 0) is 9.59 Å². The zero-order valence-electron chi connectivity index (χ0n) is 12.8. The molecule has 1 atom stereocenters. The van der Waals surface area contributed by atoms with Crippen LogP contribution < -0.4 is 10.6 Å². The number of amides is 2. The summed E-state index contributed by atoms with van der Waals surface area (Å²) >= 11 is 2.23. The van der Waals surface area contributed by atoms with Crippen molar-refractivity contribution >= 4 is 40.1 Å². The fourth-order valence-corrected chi connectivity index (χ4v) is 2.94. The smallest absolute Gasteiger partial charge is 0.238 e. The van der Waals surface area contributed by atoms with Crippen LogP contribution in [0.1, 0.15) is 26.2 Å². The van der Waals surface area contributed by atoms with Gasteiger partial charge in [0.25, 0.3) is 0 Å². The average molecular weight is 415 g/mol. The lowest BCUT2D eigenvalue weighted by molar-refractivity contribution is -0.121. The fourth-order valence-electron chi connectivity index (χ4n) is 2.58. The lowest BCUT2D eigenvalue weighted by Crippen LogP contribution is -2.49. The van der Waals surface area contributed by atoms with E-state index in [9.17, 15) is 9.59 Å². The molecule has 1 fully saturated rings. The van der Waals surface area contributed by atoms with Crippen LogP contribution in [0.2, 0.25) is 0 Å². The zero-order chi connectivity index (χ0) is 15.9. The lowest BCUT2D eigenvalue weighted by Gasteiger charge is -2.32. The molecule has 0 saturated carbocycles. The molecular weight excluding hydrogens is 393 g/mol. The van der Waals surface area contributed by atoms with Gasteiger partial charge >= 0.3 is 0 Å². The van der Waals surface area contributed by atoms with Crippen molar-refractivity contribution in [3.63, 3.8) is 0 Å². The Balaban J connectivity index is 1.80. The summed E-state index contributed by atoms with van der Waals surface area (Å²) in [5, 5.41) is 5.93. The van der Waals surface area contributed by atoms with E-state index in [1.165, 1.54) is 0 Å². The van der Waals surface area contributed by atoms with Crippen molar-refractivity contribution < 1.29 is 9.59 Å². The highest BCUT2D eigenvalue weighted by Gasteiger charge is 2.22. The molecule has 1 heterocycles. The van der Waals surface area contributed by atoms with Crippen molar-refractivity contribution in [3.8, 4) is 0 Å². The van der Waals surface area contributed by atoms with Crippen LogP contribution in [-0.4, -0.2) is 42.4 Å². The van der Waals surface area contributed by atoms with E-state index in [0.717, 1.165) is 35.2 Å². The molecule has 5 nitrogen and oxygen atoms in total. The van der Waals surface area contributed by atoms with E-state index in [4.69, 9.17) is 0 Å². The molecule has 0 radical (unpaired) electrons. The van der Waals surface area contributed by atoms with Crippen molar-refractivity contribution in [3.05, 3.63) is 27.8 Å². The molecular formula is C16H22IN3O2. The zero-order valence-corrected chi connectivity index (χ0v) is 14.9. The molecule has 6 heteroatoms. The number of carbonyl (C=O) groups excluding carboxylic acids is 2. The molecule has 1 unspecified atom stereocenters. The highest BCUT2D eigenvalue weighted by Crippen LogP contribution is 2.13. The average Bonchev–Trinajstić information content (AvgIpc) is 2.49. The second kappa shape index (κ2) is 8.47. The molecule has 0 bridgehead atoms. The van der Waals surface area contributed by atoms with E-state index < -0.39 is 0 Å². The van der Waals surface area contributed by atoms with Gasteiger partial charge in [-0.2, -0.15) is 0 Å². The molecule has 1 saturated heterocycles. The van der Waals surface area contributed by atoms with Crippen LogP contribution >= 0.6 is 22.6 Å². The molecule has 22 heavy (non-hydrogen) atoms.